The van der Waals surface area contributed by atoms with Crippen molar-refractivity contribution in [3.8, 4) is 12.0 Å². The molecule has 0 aromatic rings. The highest BCUT2D eigenvalue weighted by atomic mass is 15.0. The van der Waals surface area contributed by atoms with Crippen molar-refractivity contribution in [3.05, 3.63) is 0 Å². The van der Waals surface area contributed by atoms with Crippen LogP contribution in [0.1, 0.15) is 0 Å². The highest BCUT2D eigenvalue weighted by Crippen LogP contribution is 1.57. The molecule has 0 saturated heterocycles. The van der Waals surface area contributed by atoms with Crippen LogP contribution in [0, 0.1) is 12.0 Å². The van der Waals surface area contributed by atoms with Crippen molar-refractivity contribution in [2.24, 2.45) is 0 Å². The highest BCUT2D eigenvalue weighted by molar-refractivity contribution is 5.01. The highest BCUT2D eigenvalue weighted by Gasteiger charge is 1.80. The summed E-state index contributed by atoms with van der Waals surface area (Å²) < 4.78 is 0. The minimum absolute atomic E-state index is 0.826. The maximum Gasteiger partial charge on any atom is 0.0736 e. The van der Waals surface area contributed by atoms with Crippen LogP contribution in [0.15, 0.2) is 0 Å². The SMILES string of the molecule is C1#CNCNC1. The molecule has 0 aromatic carbocycles. The Morgan fingerprint density at radius 3 is 2.67 bits per heavy atom. The van der Waals surface area contributed by atoms with Gasteiger partial charge in [-0.25, -0.2) is 0 Å². The molecule has 0 unspecified atom stereocenters. The molecule has 2 heteroatoms. The molecule has 0 amide bonds. The van der Waals surface area contributed by atoms with Gasteiger partial charge in [-0.1, -0.05) is 5.92 Å². The third-order valence-electron chi connectivity index (χ3n) is 0.604. The van der Waals surface area contributed by atoms with Crippen LogP contribution >= 0.6 is 0 Å². The van der Waals surface area contributed by atoms with E-state index in [4.69, 9.17) is 0 Å². The molecule has 0 atom stereocenters. The van der Waals surface area contributed by atoms with Gasteiger partial charge in [-0.3, -0.25) is 5.32 Å². The van der Waals surface area contributed by atoms with Crippen molar-refractivity contribution in [1.29, 1.82) is 0 Å². The number of hydrogen-bond acceptors (Lipinski definition) is 2. The zero-order valence-corrected chi connectivity index (χ0v) is 3.41. The van der Waals surface area contributed by atoms with Gasteiger partial charge < -0.3 is 5.32 Å². The fourth-order valence-electron chi connectivity index (χ4n) is 0.338. The van der Waals surface area contributed by atoms with Gasteiger partial charge in [0, 0.05) is 6.04 Å². The molecule has 0 spiro atoms. The molecule has 0 aliphatic carbocycles. The summed E-state index contributed by atoms with van der Waals surface area (Å²) in [4.78, 5) is 0. The lowest BCUT2D eigenvalue weighted by atomic mass is 10.6. The van der Waals surface area contributed by atoms with E-state index < -0.39 is 0 Å². The molecule has 1 rings (SSSR count). The lowest BCUT2D eigenvalue weighted by Gasteiger charge is -2.00. The van der Waals surface area contributed by atoms with E-state index in [9.17, 15) is 0 Å². The zero-order valence-electron chi connectivity index (χ0n) is 3.41. The predicted octanol–water partition coefficient (Wildman–Crippen LogP) is -0.902. The Kier molecular flexibility index (Phi) is 0.984. The fourth-order valence-corrected chi connectivity index (χ4v) is 0.338. The standard InChI is InChI=1S/C4H6N2/c1-2-5-4-6-3-1/h5-6H,2,4H2. The summed E-state index contributed by atoms with van der Waals surface area (Å²) >= 11 is 0. The van der Waals surface area contributed by atoms with Crippen LogP contribution in [0.5, 0.6) is 0 Å². The molecule has 0 bridgehead atoms. The average molecular weight is 82.1 g/mol. The molecule has 1 aliphatic heterocycles. The van der Waals surface area contributed by atoms with Crippen molar-refractivity contribution >= 4 is 0 Å². The van der Waals surface area contributed by atoms with Gasteiger partial charge in [0.2, 0.25) is 0 Å². The van der Waals surface area contributed by atoms with Gasteiger partial charge in [0.1, 0.15) is 0 Å². The van der Waals surface area contributed by atoms with Gasteiger partial charge in [0.15, 0.2) is 0 Å². The quantitative estimate of drug-likeness (QED) is 0.370. The summed E-state index contributed by atoms with van der Waals surface area (Å²) in [6.07, 6.45) is 0. The van der Waals surface area contributed by atoms with E-state index in [-0.39, 0.29) is 0 Å². The third-order valence-corrected chi connectivity index (χ3v) is 0.604. The summed E-state index contributed by atoms with van der Waals surface area (Å²) in [5, 5.41) is 5.81. The first-order valence-corrected chi connectivity index (χ1v) is 1.91. The minimum atomic E-state index is 0.826. The molecule has 2 N–H and O–H groups in total. The molecule has 0 saturated carbocycles. The maximum atomic E-state index is 3.00. The monoisotopic (exact) mass is 82.1 g/mol. The summed E-state index contributed by atoms with van der Waals surface area (Å²) in [5.74, 6) is 2.81. The van der Waals surface area contributed by atoms with Crippen LogP contribution in [0.4, 0.5) is 0 Å². The third kappa shape index (κ3) is 0.631. The molecule has 2 nitrogen and oxygen atoms in total. The summed E-state index contributed by atoms with van der Waals surface area (Å²) in [6, 6.07) is 2.72. The summed E-state index contributed by atoms with van der Waals surface area (Å²) in [5.41, 5.74) is 0. The first kappa shape index (κ1) is 3.51. The maximum absolute atomic E-state index is 3.00. The van der Waals surface area contributed by atoms with Gasteiger partial charge in [-0.05, 0) is 0 Å². The molecule has 1 aliphatic rings. The van der Waals surface area contributed by atoms with E-state index in [1.54, 1.807) is 0 Å². The van der Waals surface area contributed by atoms with Crippen molar-refractivity contribution in [2.75, 3.05) is 13.2 Å². The first-order valence-electron chi connectivity index (χ1n) is 1.91. The Hall–Kier alpha value is -0.680. The van der Waals surface area contributed by atoms with Crippen LogP contribution < -0.4 is 10.6 Å². The number of hydrogen-bond donors (Lipinski definition) is 2. The van der Waals surface area contributed by atoms with E-state index in [1.807, 2.05) is 0 Å². The Morgan fingerprint density at radius 1 is 1.50 bits per heavy atom. The normalized spacial score (nSPS) is 17.3. The molecule has 6 heavy (non-hydrogen) atoms. The fraction of sp³-hybridized carbons (Fsp3) is 0.500. The molecule has 0 aromatic heterocycles. The largest absolute Gasteiger partial charge is 0.332 e. The lowest BCUT2D eigenvalue weighted by molar-refractivity contribution is 0.699. The smallest absolute Gasteiger partial charge is 0.0736 e. The molecule has 1 heterocycles. The van der Waals surface area contributed by atoms with Gasteiger partial charge in [-0.15, -0.1) is 0 Å². The van der Waals surface area contributed by atoms with Crippen molar-refractivity contribution < 1.29 is 0 Å². The Morgan fingerprint density at radius 2 is 2.50 bits per heavy atom. The van der Waals surface area contributed by atoms with E-state index in [2.05, 4.69) is 22.6 Å². The number of nitrogens with one attached hydrogen (secondary N) is 2. The van der Waals surface area contributed by atoms with E-state index in [1.165, 1.54) is 0 Å². The molecular formula is C4H6N2. The topological polar surface area (TPSA) is 24.1 Å². The average Bonchev–Trinajstić information content (AvgIpc) is 1.72. The van der Waals surface area contributed by atoms with Gasteiger partial charge in [-0.2, -0.15) is 0 Å². The van der Waals surface area contributed by atoms with Crippen molar-refractivity contribution in [3.63, 3.8) is 0 Å². The second-order valence-corrected chi connectivity index (χ2v) is 1.08. The Bertz CT molecular complexity index is 77.5. The Balaban J connectivity index is 2.36. The van der Waals surface area contributed by atoms with E-state index >= 15 is 0 Å². The van der Waals surface area contributed by atoms with Gasteiger partial charge >= 0.3 is 0 Å². The predicted molar refractivity (Wildman–Crippen MR) is 23.8 cm³/mol. The van der Waals surface area contributed by atoms with Crippen molar-refractivity contribution in [2.45, 2.75) is 0 Å². The minimum Gasteiger partial charge on any atom is -0.332 e. The van der Waals surface area contributed by atoms with E-state index in [0.717, 1.165) is 13.2 Å². The molecule has 0 fully saturated rings. The van der Waals surface area contributed by atoms with E-state index in [0.29, 0.717) is 0 Å². The van der Waals surface area contributed by atoms with Gasteiger partial charge in [0.05, 0.1) is 13.2 Å². The zero-order chi connectivity index (χ0) is 4.24. The van der Waals surface area contributed by atoms with Crippen LogP contribution in [0.2, 0.25) is 0 Å². The second-order valence-electron chi connectivity index (χ2n) is 1.08. The van der Waals surface area contributed by atoms with Crippen LogP contribution in [-0.4, -0.2) is 13.2 Å². The lowest BCUT2D eigenvalue weighted by Crippen LogP contribution is -2.29. The second kappa shape index (κ2) is 1.68. The van der Waals surface area contributed by atoms with Crippen molar-refractivity contribution in [1.82, 2.24) is 10.6 Å². The molecule has 0 radical (unpaired) electrons. The van der Waals surface area contributed by atoms with Gasteiger partial charge in [0.25, 0.3) is 0 Å². The first-order chi connectivity index (χ1) is 3.00. The summed E-state index contributed by atoms with van der Waals surface area (Å²) in [6.45, 7) is 1.65. The van der Waals surface area contributed by atoms with Crippen LogP contribution in [-0.2, 0) is 0 Å². The molecular weight excluding hydrogens is 76.1 g/mol. The Labute approximate surface area is 36.9 Å². The van der Waals surface area contributed by atoms with Crippen LogP contribution in [0.25, 0.3) is 0 Å². The summed E-state index contributed by atoms with van der Waals surface area (Å²) in [7, 11) is 0. The number of rotatable bonds is 0. The van der Waals surface area contributed by atoms with Crippen LogP contribution in [0.3, 0.4) is 0 Å². The molecule has 32 valence electrons.